The molecule has 0 bridgehead atoms. The Labute approximate surface area is 407 Å². The average Bonchev–Trinajstić information content (AvgIpc) is 3.30. The van der Waals surface area contributed by atoms with E-state index in [-0.39, 0.29) is 19.4 Å². The Bertz CT molecular complexity index is 1410. The van der Waals surface area contributed by atoms with Crippen LogP contribution in [0.4, 0.5) is 0 Å². The highest BCUT2D eigenvalue weighted by Crippen LogP contribution is 2.24. The summed E-state index contributed by atoms with van der Waals surface area (Å²) < 4.78 is 54.2. The van der Waals surface area contributed by atoms with Crippen molar-refractivity contribution in [3.05, 3.63) is 48.6 Å². The third-order valence-corrected chi connectivity index (χ3v) is 12.9. The van der Waals surface area contributed by atoms with Crippen molar-refractivity contribution >= 4 is 22.1 Å². The van der Waals surface area contributed by atoms with Crippen molar-refractivity contribution in [3.8, 4) is 0 Å². The van der Waals surface area contributed by atoms with Crippen molar-refractivity contribution in [1.29, 1.82) is 0 Å². The van der Waals surface area contributed by atoms with E-state index in [2.05, 4.69) is 50.3 Å². The first-order chi connectivity index (χ1) is 32.5. The molecule has 1 saturated heterocycles. The van der Waals surface area contributed by atoms with Gasteiger partial charge in [0.25, 0.3) is 10.1 Å². The number of hydrogen-bond acceptors (Lipinski definition) is 11. The number of ether oxygens (including phenoxy) is 4. The number of unbranched alkanes of at least 4 members (excludes halogenated alkanes) is 25. The second-order valence-electron chi connectivity index (χ2n) is 18.5. The van der Waals surface area contributed by atoms with Crippen LogP contribution in [0.15, 0.2) is 48.6 Å². The monoisotopic (exact) mass is 969 g/mol. The minimum atomic E-state index is -4.61. The van der Waals surface area contributed by atoms with E-state index in [1.54, 1.807) is 0 Å². The minimum absolute atomic E-state index is 0.0891. The molecule has 1 rings (SSSR count). The number of esters is 2. The van der Waals surface area contributed by atoms with Gasteiger partial charge < -0.3 is 34.3 Å². The predicted molar refractivity (Wildman–Crippen MR) is 270 cm³/mol. The molecule has 1 aliphatic rings. The first kappa shape index (κ1) is 62.6. The number of carbonyl (C=O) groups excluding carboxylic acids is 2. The van der Waals surface area contributed by atoms with E-state index in [1.807, 2.05) is 12.2 Å². The smallest absolute Gasteiger partial charge is 0.306 e. The highest BCUT2D eigenvalue weighted by atomic mass is 32.2. The van der Waals surface area contributed by atoms with Gasteiger partial charge in [-0.25, -0.2) is 0 Å². The highest BCUT2D eigenvalue weighted by molar-refractivity contribution is 7.85. The molecule has 1 aliphatic heterocycles. The standard InChI is InChI=1S/C54H96O12S/c1-3-5-7-9-11-13-15-17-19-21-22-23-24-25-27-28-30-32-34-36-38-40-42-49(55)63-44-47(45-64-54-53(59)52(58)51(57)48(66-54)46-67(60,61)62)65-50(56)43-41-39-37-35-33-31-29-26-20-18-16-14-12-10-8-6-4-2/h12,14,18,20,29,31,35,37,47-48,51-54,57-59H,3-11,13,15-17,19,21-28,30,32-34,36,38-46H2,1-2H3,(H,60,61,62)/b14-12+,20-18+,31-29+,37-35+/t47-,48-,51-,52?,53?,54+/m1/s1. The highest BCUT2D eigenvalue weighted by Gasteiger charge is 2.46. The zero-order valence-electron chi connectivity index (χ0n) is 42.0. The third kappa shape index (κ3) is 38.1. The summed E-state index contributed by atoms with van der Waals surface area (Å²) in [4.78, 5) is 25.5. The number of rotatable bonds is 45. The molecule has 0 amide bonds. The maximum absolute atomic E-state index is 12.8. The molecule has 0 aromatic carbocycles. The topological polar surface area (TPSA) is 186 Å². The van der Waals surface area contributed by atoms with E-state index in [1.165, 1.54) is 135 Å². The van der Waals surface area contributed by atoms with E-state index in [4.69, 9.17) is 18.9 Å². The van der Waals surface area contributed by atoms with Crippen LogP contribution in [0.2, 0.25) is 0 Å². The zero-order valence-corrected chi connectivity index (χ0v) is 42.8. The first-order valence-electron chi connectivity index (χ1n) is 26.7. The minimum Gasteiger partial charge on any atom is -0.462 e. The van der Waals surface area contributed by atoms with Crippen molar-refractivity contribution in [2.24, 2.45) is 0 Å². The Hall–Kier alpha value is -2.39. The van der Waals surface area contributed by atoms with E-state index in [9.17, 15) is 37.9 Å². The van der Waals surface area contributed by atoms with Gasteiger partial charge in [-0.05, 0) is 51.4 Å². The van der Waals surface area contributed by atoms with Crippen molar-refractivity contribution < 1.29 is 56.8 Å². The molecule has 13 heteroatoms. The molecule has 0 radical (unpaired) electrons. The van der Waals surface area contributed by atoms with Crippen LogP contribution in [0.25, 0.3) is 0 Å². The summed E-state index contributed by atoms with van der Waals surface area (Å²) >= 11 is 0. The lowest BCUT2D eigenvalue weighted by Crippen LogP contribution is -2.60. The molecule has 0 saturated carbocycles. The summed E-state index contributed by atoms with van der Waals surface area (Å²) in [5.41, 5.74) is 0. The van der Waals surface area contributed by atoms with Gasteiger partial charge in [0.15, 0.2) is 12.4 Å². The van der Waals surface area contributed by atoms with Crippen LogP contribution >= 0.6 is 0 Å². The maximum atomic E-state index is 12.8. The molecule has 6 atom stereocenters. The molecule has 67 heavy (non-hydrogen) atoms. The number of aliphatic hydroxyl groups is 3. The Morgan fingerprint density at radius 2 is 0.910 bits per heavy atom. The first-order valence-corrected chi connectivity index (χ1v) is 28.3. The second kappa shape index (κ2) is 43.6. The van der Waals surface area contributed by atoms with Gasteiger partial charge in [-0.1, -0.05) is 210 Å². The summed E-state index contributed by atoms with van der Waals surface area (Å²) in [5.74, 6) is -2.05. The zero-order chi connectivity index (χ0) is 49.1. The fourth-order valence-corrected chi connectivity index (χ4v) is 8.71. The second-order valence-corrected chi connectivity index (χ2v) is 20.0. The van der Waals surface area contributed by atoms with Crippen LogP contribution < -0.4 is 0 Å². The average molecular weight is 969 g/mol. The van der Waals surface area contributed by atoms with Crippen molar-refractivity contribution in [1.82, 2.24) is 0 Å². The predicted octanol–water partition coefficient (Wildman–Crippen LogP) is 12.3. The Kier molecular flexibility index (Phi) is 40.8. The van der Waals surface area contributed by atoms with Gasteiger partial charge in [0.05, 0.1) is 6.61 Å². The molecule has 0 aromatic rings. The Morgan fingerprint density at radius 1 is 0.507 bits per heavy atom. The van der Waals surface area contributed by atoms with E-state index >= 15 is 0 Å². The van der Waals surface area contributed by atoms with E-state index in [0.29, 0.717) is 19.3 Å². The van der Waals surface area contributed by atoms with Crippen LogP contribution in [0.1, 0.15) is 226 Å². The molecule has 390 valence electrons. The largest absolute Gasteiger partial charge is 0.462 e. The van der Waals surface area contributed by atoms with Crippen LogP contribution in [0.5, 0.6) is 0 Å². The number of hydrogen-bond donors (Lipinski definition) is 4. The fourth-order valence-electron chi connectivity index (χ4n) is 8.02. The molecule has 0 aliphatic carbocycles. The molecule has 1 heterocycles. The van der Waals surface area contributed by atoms with Gasteiger partial charge in [-0.15, -0.1) is 0 Å². The maximum Gasteiger partial charge on any atom is 0.306 e. The quantitative estimate of drug-likeness (QED) is 0.0196. The van der Waals surface area contributed by atoms with Gasteiger partial charge in [0.1, 0.15) is 36.8 Å². The molecule has 0 spiro atoms. The molecule has 0 aromatic heterocycles. The van der Waals surface area contributed by atoms with Crippen LogP contribution in [-0.2, 0) is 38.7 Å². The number of aliphatic hydroxyl groups excluding tert-OH is 3. The van der Waals surface area contributed by atoms with Crippen LogP contribution in [-0.4, -0.2) is 96.0 Å². The van der Waals surface area contributed by atoms with Gasteiger partial charge in [-0.2, -0.15) is 8.42 Å². The molecular formula is C54H96O12S. The number of carbonyl (C=O) groups is 2. The Balaban J connectivity index is 2.37. The lowest BCUT2D eigenvalue weighted by molar-refractivity contribution is -0.297. The van der Waals surface area contributed by atoms with Crippen molar-refractivity contribution in [2.75, 3.05) is 19.0 Å². The van der Waals surface area contributed by atoms with Gasteiger partial charge in [0.2, 0.25) is 0 Å². The van der Waals surface area contributed by atoms with Gasteiger partial charge >= 0.3 is 11.9 Å². The van der Waals surface area contributed by atoms with E-state index in [0.717, 1.165) is 44.9 Å². The number of allylic oxidation sites excluding steroid dienone is 8. The summed E-state index contributed by atoms with van der Waals surface area (Å²) in [6, 6.07) is 0. The Morgan fingerprint density at radius 3 is 1.37 bits per heavy atom. The summed E-state index contributed by atoms with van der Waals surface area (Å²) in [7, 11) is -4.61. The molecule has 1 fully saturated rings. The summed E-state index contributed by atoms with van der Waals surface area (Å²) in [6.45, 7) is 3.72. The normalized spacial score (nSPS) is 19.6. The summed E-state index contributed by atoms with van der Waals surface area (Å²) in [5, 5.41) is 31.0. The van der Waals surface area contributed by atoms with Crippen molar-refractivity contribution in [2.45, 2.75) is 263 Å². The lowest BCUT2D eigenvalue weighted by atomic mass is 10.00. The molecule has 2 unspecified atom stereocenters. The molecule has 12 nitrogen and oxygen atoms in total. The molecule has 4 N–H and O–H groups in total. The van der Waals surface area contributed by atoms with Crippen LogP contribution in [0.3, 0.4) is 0 Å². The van der Waals surface area contributed by atoms with Gasteiger partial charge in [0, 0.05) is 12.8 Å². The summed E-state index contributed by atoms with van der Waals surface area (Å²) in [6.07, 6.45) is 44.5. The lowest BCUT2D eigenvalue weighted by Gasteiger charge is -2.40. The third-order valence-electron chi connectivity index (χ3n) is 12.2. The van der Waals surface area contributed by atoms with Gasteiger partial charge in [-0.3, -0.25) is 14.1 Å². The molecular weight excluding hydrogens is 873 g/mol. The fraction of sp³-hybridized carbons (Fsp3) is 0.815. The van der Waals surface area contributed by atoms with Crippen LogP contribution in [0, 0.1) is 0 Å². The van der Waals surface area contributed by atoms with Crippen molar-refractivity contribution in [3.63, 3.8) is 0 Å². The van der Waals surface area contributed by atoms with E-state index < -0.39 is 71.2 Å². The SMILES string of the molecule is CCCCC/C=C/C/C=C/C/C=C/C/C=C/CCCC(=O)O[C@H](COC(=O)CCCCCCCCCCCCCCCCCCCCCCCC)CO[C@H]1O[C@H](CS(=O)(=O)O)[C@@H](O)C(O)C1O.